The Kier molecular flexibility index (Phi) is 3.12. The maximum Gasteiger partial charge on any atom is 0.247 e. The normalized spacial score (nSPS) is 11.9. The molecule has 0 unspecified atom stereocenters. The zero-order valence-electron chi connectivity index (χ0n) is 10.8. The molecule has 0 spiro atoms. The predicted molar refractivity (Wildman–Crippen MR) is 83.4 cm³/mol. The van der Waals surface area contributed by atoms with E-state index in [2.05, 4.69) is 0 Å². The van der Waals surface area contributed by atoms with Gasteiger partial charge in [0.1, 0.15) is 4.21 Å². The fraction of sp³-hybridized carbons (Fsp3) is 0.0667. The van der Waals surface area contributed by atoms with E-state index in [4.69, 9.17) is 5.14 Å². The van der Waals surface area contributed by atoms with Gasteiger partial charge in [-0.15, -0.1) is 11.3 Å². The van der Waals surface area contributed by atoms with Crippen LogP contribution in [0.4, 0.5) is 0 Å². The fourth-order valence-electron chi connectivity index (χ4n) is 2.41. The third-order valence-corrected chi connectivity index (χ3v) is 6.07. The molecular formula is C15H13NO2S2. The molecule has 0 bridgehead atoms. The Labute approximate surface area is 121 Å². The molecule has 0 atom stereocenters. The van der Waals surface area contributed by atoms with Gasteiger partial charge in [-0.3, -0.25) is 0 Å². The third-order valence-electron chi connectivity index (χ3n) is 3.25. The van der Waals surface area contributed by atoms with E-state index < -0.39 is 10.0 Å². The second kappa shape index (κ2) is 4.70. The number of rotatable bonds is 2. The molecule has 0 aliphatic heterocycles. The molecule has 3 aromatic rings. The van der Waals surface area contributed by atoms with Gasteiger partial charge in [-0.25, -0.2) is 13.6 Å². The minimum Gasteiger partial charge on any atom is -0.224 e. The standard InChI is InChI=1S/C15H13NO2S2/c1-10-14-12(11-6-3-2-4-7-11)8-5-9-13(14)19-15(10)20(16,17)18/h2-9H,1H3,(H2,16,17,18). The lowest BCUT2D eigenvalue weighted by Gasteiger charge is -2.05. The summed E-state index contributed by atoms with van der Waals surface area (Å²) < 4.78 is 24.5. The third kappa shape index (κ3) is 2.14. The van der Waals surface area contributed by atoms with Crippen LogP contribution in [0.25, 0.3) is 21.2 Å². The van der Waals surface area contributed by atoms with E-state index in [1.54, 1.807) is 0 Å². The van der Waals surface area contributed by atoms with Crippen molar-refractivity contribution in [1.29, 1.82) is 0 Å². The van der Waals surface area contributed by atoms with Crippen molar-refractivity contribution >= 4 is 31.4 Å². The van der Waals surface area contributed by atoms with Gasteiger partial charge < -0.3 is 0 Å². The van der Waals surface area contributed by atoms with Crippen molar-refractivity contribution in [2.45, 2.75) is 11.1 Å². The lowest BCUT2D eigenvalue weighted by molar-refractivity contribution is 0.599. The minimum absolute atomic E-state index is 0.246. The summed E-state index contributed by atoms with van der Waals surface area (Å²) in [6, 6.07) is 15.8. The highest BCUT2D eigenvalue weighted by atomic mass is 32.2. The Balaban J connectivity index is 2.39. The Bertz CT molecular complexity index is 881. The highest BCUT2D eigenvalue weighted by molar-refractivity contribution is 7.91. The van der Waals surface area contributed by atoms with Crippen molar-refractivity contribution in [1.82, 2.24) is 0 Å². The average Bonchev–Trinajstić information content (AvgIpc) is 2.77. The molecule has 1 aromatic heterocycles. The van der Waals surface area contributed by atoms with Crippen LogP contribution in [0.2, 0.25) is 0 Å². The van der Waals surface area contributed by atoms with Crippen LogP contribution in [0.3, 0.4) is 0 Å². The molecule has 2 N–H and O–H groups in total. The number of fused-ring (bicyclic) bond motifs is 1. The molecule has 102 valence electrons. The molecule has 20 heavy (non-hydrogen) atoms. The lowest BCUT2D eigenvalue weighted by Crippen LogP contribution is -2.11. The van der Waals surface area contributed by atoms with Crippen molar-refractivity contribution in [2.24, 2.45) is 5.14 Å². The molecule has 0 saturated carbocycles. The predicted octanol–water partition coefficient (Wildman–Crippen LogP) is 3.52. The summed E-state index contributed by atoms with van der Waals surface area (Å²) in [6.07, 6.45) is 0. The van der Waals surface area contributed by atoms with Crippen LogP contribution >= 0.6 is 11.3 Å². The number of primary sulfonamides is 1. The van der Waals surface area contributed by atoms with Crippen LogP contribution in [-0.2, 0) is 10.0 Å². The number of benzene rings is 2. The van der Waals surface area contributed by atoms with E-state index in [0.29, 0.717) is 0 Å². The van der Waals surface area contributed by atoms with E-state index in [1.807, 2.05) is 55.5 Å². The molecule has 3 nitrogen and oxygen atoms in total. The number of thiophene rings is 1. The maximum atomic E-state index is 11.7. The number of sulfonamides is 1. The highest BCUT2D eigenvalue weighted by Crippen LogP contribution is 2.39. The first-order valence-electron chi connectivity index (χ1n) is 6.09. The monoisotopic (exact) mass is 303 g/mol. The van der Waals surface area contributed by atoms with Crippen LogP contribution in [-0.4, -0.2) is 8.42 Å². The van der Waals surface area contributed by atoms with Gasteiger partial charge in [0.15, 0.2) is 0 Å². The van der Waals surface area contributed by atoms with Crippen LogP contribution < -0.4 is 5.14 Å². The van der Waals surface area contributed by atoms with Gasteiger partial charge in [0.25, 0.3) is 0 Å². The molecule has 0 aliphatic rings. The average molecular weight is 303 g/mol. The fourth-order valence-corrected chi connectivity index (χ4v) is 4.64. The van der Waals surface area contributed by atoms with Crippen LogP contribution in [0, 0.1) is 6.92 Å². The summed E-state index contributed by atoms with van der Waals surface area (Å²) in [4.78, 5) is 0. The first kappa shape index (κ1) is 13.3. The van der Waals surface area contributed by atoms with Crippen molar-refractivity contribution in [3.63, 3.8) is 0 Å². The summed E-state index contributed by atoms with van der Waals surface area (Å²) in [5.74, 6) is 0. The Morgan fingerprint density at radius 3 is 2.35 bits per heavy atom. The van der Waals surface area contributed by atoms with Gasteiger partial charge in [-0.1, -0.05) is 42.5 Å². The largest absolute Gasteiger partial charge is 0.247 e. The first-order chi connectivity index (χ1) is 9.48. The topological polar surface area (TPSA) is 60.2 Å². The highest BCUT2D eigenvalue weighted by Gasteiger charge is 2.19. The second-order valence-electron chi connectivity index (χ2n) is 4.60. The smallest absolute Gasteiger partial charge is 0.224 e. The summed E-state index contributed by atoms with van der Waals surface area (Å²) in [5.41, 5.74) is 2.83. The summed E-state index contributed by atoms with van der Waals surface area (Å²) in [7, 11) is -3.68. The minimum atomic E-state index is -3.68. The zero-order valence-corrected chi connectivity index (χ0v) is 12.5. The number of aryl methyl sites for hydroxylation is 1. The van der Waals surface area contributed by atoms with Gasteiger partial charge in [0.05, 0.1) is 0 Å². The molecule has 2 aromatic carbocycles. The molecule has 3 rings (SSSR count). The van der Waals surface area contributed by atoms with Gasteiger partial charge in [0, 0.05) is 10.1 Å². The Morgan fingerprint density at radius 1 is 1.00 bits per heavy atom. The maximum absolute atomic E-state index is 11.7. The van der Waals surface area contributed by atoms with Crippen LogP contribution in [0.5, 0.6) is 0 Å². The quantitative estimate of drug-likeness (QED) is 0.787. The second-order valence-corrected chi connectivity index (χ2v) is 7.41. The Morgan fingerprint density at radius 2 is 1.70 bits per heavy atom. The van der Waals surface area contributed by atoms with Gasteiger partial charge >= 0.3 is 0 Å². The number of nitrogens with two attached hydrogens (primary N) is 1. The number of hydrogen-bond acceptors (Lipinski definition) is 3. The molecule has 0 fully saturated rings. The lowest BCUT2D eigenvalue weighted by atomic mass is 10.00. The molecular weight excluding hydrogens is 290 g/mol. The van der Waals surface area contributed by atoms with Gasteiger partial charge in [-0.05, 0) is 29.7 Å². The van der Waals surface area contributed by atoms with E-state index in [9.17, 15) is 8.42 Å². The summed E-state index contributed by atoms with van der Waals surface area (Å²) in [5, 5.41) is 6.26. The number of hydrogen-bond donors (Lipinski definition) is 1. The molecule has 1 heterocycles. The van der Waals surface area contributed by atoms with Crippen molar-refractivity contribution in [2.75, 3.05) is 0 Å². The summed E-state index contributed by atoms with van der Waals surface area (Å²) in [6.45, 7) is 1.81. The van der Waals surface area contributed by atoms with Gasteiger partial charge in [-0.2, -0.15) is 0 Å². The van der Waals surface area contributed by atoms with Gasteiger partial charge in [0.2, 0.25) is 10.0 Å². The van der Waals surface area contributed by atoms with E-state index in [-0.39, 0.29) is 4.21 Å². The Hall–Kier alpha value is -1.69. The zero-order chi connectivity index (χ0) is 14.3. The van der Waals surface area contributed by atoms with Crippen LogP contribution in [0.15, 0.2) is 52.7 Å². The van der Waals surface area contributed by atoms with Crippen molar-refractivity contribution in [3.05, 3.63) is 54.1 Å². The van der Waals surface area contributed by atoms with Crippen LogP contribution in [0.1, 0.15) is 5.56 Å². The SMILES string of the molecule is Cc1c(S(N)(=O)=O)sc2cccc(-c3ccccc3)c12. The van der Waals surface area contributed by atoms with E-state index in [1.165, 1.54) is 11.3 Å². The molecule has 0 amide bonds. The summed E-state index contributed by atoms with van der Waals surface area (Å²) >= 11 is 1.23. The molecule has 0 radical (unpaired) electrons. The molecule has 5 heteroatoms. The van der Waals surface area contributed by atoms with Crippen molar-refractivity contribution in [3.8, 4) is 11.1 Å². The molecule has 0 aliphatic carbocycles. The first-order valence-corrected chi connectivity index (χ1v) is 8.45. The van der Waals surface area contributed by atoms with E-state index >= 15 is 0 Å². The van der Waals surface area contributed by atoms with Crippen molar-refractivity contribution < 1.29 is 8.42 Å². The molecule has 0 saturated heterocycles. The van der Waals surface area contributed by atoms with E-state index in [0.717, 1.165) is 26.8 Å².